The monoisotopic (exact) mass is 212 g/mol. The third kappa shape index (κ3) is 3.87. The highest BCUT2D eigenvalue weighted by molar-refractivity contribution is 7.98. The van der Waals surface area contributed by atoms with Crippen LogP contribution in [0.15, 0.2) is 18.3 Å². The van der Waals surface area contributed by atoms with E-state index in [0.29, 0.717) is 5.88 Å². The molecular weight excluding hydrogens is 196 g/mol. The Hall–Kier alpha value is -0.900. The SMILES string of the molecule is COc1ccc(NCCCSC)cn1. The van der Waals surface area contributed by atoms with Gasteiger partial charge in [-0.25, -0.2) is 4.98 Å². The molecule has 0 fully saturated rings. The third-order valence-corrected chi connectivity index (χ3v) is 2.50. The molecule has 0 saturated heterocycles. The van der Waals surface area contributed by atoms with E-state index in [2.05, 4.69) is 16.6 Å². The summed E-state index contributed by atoms with van der Waals surface area (Å²) in [4.78, 5) is 4.11. The molecule has 0 saturated carbocycles. The Bertz CT molecular complexity index is 251. The van der Waals surface area contributed by atoms with E-state index in [1.165, 1.54) is 12.2 Å². The zero-order valence-electron chi connectivity index (χ0n) is 8.62. The van der Waals surface area contributed by atoms with Crippen molar-refractivity contribution in [2.45, 2.75) is 6.42 Å². The van der Waals surface area contributed by atoms with E-state index in [1.54, 1.807) is 13.3 Å². The summed E-state index contributed by atoms with van der Waals surface area (Å²) in [5.41, 5.74) is 1.05. The van der Waals surface area contributed by atoms with Gasteiger partial charge in [0.05, 0.1) is 19.0 Å². The molecule has 0 spiro atoms. The predicted octanol–water partition coefficient (Wildman–Crippen LogP) is 2.26. The van der Waals surface area contributed by atoms with Crippen molar-refractivity contribution in [1.29, 1.82) is 0 Å². The molecule has 14 heavy (non-hydrogen) atoms. The largest absolute Gasteiger partial charge is 0.481 e. The maximum absolute atomic E-state index is 4.97. The fraction of sp³-hybridized carbons (Fsp3) is 0.500. The number of nitrogens with zero attached hydrogens (tertiary/aromatic N) is 1. The maximum atomic E-state index is 4.97. The molecule has 1 aromatic rings. The molecule has 0 aliphatic rings. The average Bonchev–Trinajstić information content (AvgIpc) is 2.25. The van der Waals surface area contributed by atoms with Gasteiger partial charge in [-0.3, -0.25) is 0 Å². The molecule has 1 N–H and O–H groups in total. The number of hydrogen-bond donors (Lipinski definition) is 1. The van der Waals surface area contributed by atoms with Gasteiger partial charge in [-0.15, -0.1) is 0 Å². The molecule has 1 aromatic heterocycles. The van der Waals surface area contributed by atoms with Crippen LogP contribution in [0.4, 0.5) is 5.69 Å². The average molecular weight is 212 g/mol. The van der Waals surface area contributed by atoms with Gasteiger partial charge < -0.3 is 10.1 Å². The first-order valence-corrected chi connectivity index (χ1v) is 5.99. The normalized spacial score (nSPS) is 9.86. The van der Waals surface area contributed by atoms with Crippen LogP contribution in [0.5, 0.6) is 5.88 Å². The Morgan fingerprint density at radius 1 is 1.50 bits per heavy atom. The number of nitrogens with one attached hydrogen (secondary N) is 1. The molecule has 4 heteroatoms. The van der Waals surface area contributed by atoms with E-state index in [1.807, 2.05) is 23.9 Å². The van der Waals surface area contributed by atoms with E-state index < -0.39 is 0 Å². The van der Waals surface area contributed by atoms with Crippen molar-refractivity contribution in [3.63, 3.8) is 0 Å². The number of ether oxygens (including phenoxy) is 1. The van der Waals surface area contributed by atoms with Crippen LogP contribution in [-0.4, -0.2) is 30.6 Å². The smallest absolute Gasteiger partial charge is 0.213 e. The highest BCUT2D eigenvalue weighted by atomic mass is 32.2. The van der Waals surface area contributed by atoms with Crippen molar-refractivity contribution in [2.24, 2.45) is 0 Å². The summed E-state index contributed by atoms with van der Waals surface area (Å²) in [6.07, 6.45) is 5.08. The van der Waals surface area contributed by atoms with Crippen LogP contribution < -0.4 is 10.1 Å². The van der Waals surface area contributed by atoms with Crippen molar-refractivity contribution >= 4 is 17.4 Å². The van der Waals surface area contributed by atoms with Gasteiger partial charge in [0.1, 0.15) is 0 Å². The summed E-state index contributed by atoms with van der Waals surface area (Å²) in [6, 6.07) is 3.84. The Morgan fingerprint density at radius 3 is 2.93 bits per heavy atom. The van der Waals surface area contributed by atoms with Crippen LogP contribution in [0.3, 0.4) is 0 Å². The Morgan fingerprint density at radius 2 is 2.36 bits per heavy atom. The minimum Gasteiger partial charge on any atom is -0.481 e. The van der Waals surface area contributed by atoms with E-state index in [9.17, 15) is 0 Å². The van der Waals surface area contributed by atoms with Crippen molar-refractivity contribution in [3.05, 3.63) is 18.3 Å². The van der Waals surface area contributed by atoms with E-state index in [4.69, 9.17) is 4.74 Å². The topological polar surface area (TPSA) is 34.1 Å². The van der Waals surface area contributed by atoms with Crippen molar-refractivity contribution in [3.8, 4) is 5.88 Å². The quantitative estimate of drug-likeness (QED) is 0.733. The zero-order chi connectivity index (χ0) is 10.2. The molecule has 78 valence electrons. The van der Waals surface area contributed by atoms with Crippen LogP contribution in [0.25, 0.3) is 0 Å². The number of rotatable bonds is 6. The summed E-state index contributed by atoms with van der Waals surface area (Å²) in [5.74, 6) is 1.84. The number of pyridine rings is 1. The van der Waals surface area contributed by atoms with Crippen LogP contribution in [0.2, 0.25) is 0 Å². The van der Waals surface area contributed by atoms with E-state index in [-0.39, 0.29) is 0 Å². The first-order chi connectivity index (χ1) is 6.86. The first-order valence-electron chi connectivity index (χ1n) is 4.59. The van der Waals surface area contributed by atoms with Crippen molar-refractivity contribution in [1.82, 2.24) is 4.98 Å². The molecule has 0 amide bonds. The van der Waals surface area contributed by atoms with E-state index >= 15 is 0 Å². The van der Waals surface area contributed by atoms with Gasteiger partial charge in [0.15, 0.2) is 0 Å². The number of anilines is 1. The van der Waals surface area contributed by atoms with Crippen LogP contribution in [0, 0.1) is 0 Å². The van der Waals surface area contributed by atoms with Crippen LogP contribution >= 0.6 is 11.8 Å². The molecule has 3 nitrogen and oxygen atoms in total. The lowest BCUT2D eigenvalue weighted by atomic mass is 10.4. The first kappa shape index (κ1) is 11.2. The minimum atomic E-state index is 0.652. The maximum Gasteiger partial charge on any atom is 0.213 e. The van der Waals surface area contributed by atoms with Gasteiger partial charge >= 0.3 is 0 Å². The van der Waals surface area contributed by atoms with Crippen LogP contribution in [0.1, 0.15) is 6.42 Å². The van der Waals surface area contributed by atoms with Gasteiger partial charge in [-0.05, 0) is 24.5 Å². The molecule has 0 aliphatic carbocycles. The molecule has 0 unspecified atom stereocenters. The molecular formula is C10H16N2OS. The Kier molecular flexibility index (Phi) is 5.22. The van der Waals surface area contributed by atoms with E-state index in [0.717, 1.165) is 12.2 Å². The second kappa shape index (κ2) is 6.54. The molecule has 1 heterocycles. The summed E-state index contributed by atoms with van der Waals surface area (Å²) >= 11 is 1.87. The fourth-order valence-electron chi connectivity index (χ4n) is 1.05. The summed E-state index contributed by atoms with van der Waals surface area (Å²) in [6.45, 7) is 0.995. The highest BCUT2D eigenvalue weighted by Crippen LogP contribution is 2.10. The molecule has 0 aromatic carbocycles. The number of aromatic nitrogens is 1. The number of hydrogen-bond acceptors (Lipinski definition) is 4. The summed E-state index contributed by atoms with van der Waals surface area (Å²) < 4.78 is 4.97. The van der Waals surface area contributed by atoms with Crippen molar-refractivity contribution < 1.29 is 4.74 Å². The van der Waals surface area contributed by atoms with Gasteiger partial charge in [0.2, 0.25) is 5.88 Å². The Balaban J connectivity index is 2.29. The summed E-state index contributed by atoms with van der Waals surface area (Å²) in [7, 11) is 1.62. The second-order valence-corrected chi connectivity index (χ2v) is 3.85. The van der Waals surface area contributed by atoms with Gasteiger partial charge in [0.25, 0.3) is 0 Å². The Labute approximate surface area is 89.3 Å². The van der Waals surface area contributed by atoms with Gasteiger partial charge in [-0.2, -0.15) is 11.8 Å². The van der Waals surface area contributed by atoms with Crippen LogP contribution in [-0.2, 0) is 0 Å². The second-order valence-electron chi connectivity index (χ2n) is 2.86. The lowest BCUT2D eigenvalue weighted by molar-refractivity contribution is 0.398. The summed E-state index contributed by atoms with van der Waals surface area (Å²) in [5, 5.41) is 3.30. The van der Waals surface area contributed by atoms with Gasteiger partial charge in [-0.1, -0.05) is 0 Å². The number of methoxy groups -OCH3 is 1. The lowest BCUT2D eigenvalue weighted by Gasteiger charge is -2.05. The highest BCUT2D eigenvalue weighted by Gasteiger charge is 1.93. The standard InChI is InChI=1S/C10H16N2OS/c1-13-10-5-4-9(8-12-10)11-6-3-7-14-2/h4-5,8,11H,3,6-7H2,1-2H3. The molecule has 0 radical (unpaired) electrons. The van der Waals surface area contributed by atoms with Gasteiger partial charge in [0, 0.05) is 12.6 Å². The third-order valence-electron chi connectivity index (χ3n) is 1.80. The lowest BCUT2D eigenvalue weighted by Crippen LogP contribution is -2.02. The molecule has 0 atom stereocenters. The zero-order valence-corrected chi connectivity index (χ0v) is 9.43. The van der Waals surface area contributed by atoms with Crippen molar-refractivity contribution in [2.75, 3.05) is 31.0 Å². The minimum absolute atomic E-state index is 0.652. The fourth-order valence-corrected chi connectivity index (χ4v) is 1.49. The molecule has 0 bridgehead atoms. The predicted molar refractivity (Wildman–Crippen MR) is 62.3 cm³/mol. The molecule has 0 aliphatic heterocycles. The molecule has 1 rings (SSSR count). The number of thioether (sulfide) groups is 1.